The van der Waals surface area contributed by atoms with Gasteiger partial charge in [-0.1, -0.05) is 0 Å². The van der Waals surface area contributed by atoms with Crippen molar-refractivity contribution >= 4 is 16.6 Å². The largest absolute Gasteiger partial charge is 0.486 e. The third-order valence-corrected chi connectivity index (χ3v) is 3.50. The number of benzene rings is 1. The lowest BCUT2D eigenvalue weighted by Crippen LogP contribution is -2.34. The third-order valence-electron chi connectivity index (χ3n) is 3.50. The maximum absolute atomic E-state index is 5.70. The van der Waals surface area contributed by atoms with E-state index in [1.165, 1.54) is 0 Å². The molecule has 2 aromatic rings. The number of pyridine rings is 1. The molecule has 0 spiro atoms. The predicted octanol–water partition coefficient (Wildman–Crippen LogP) is 0.730. The van der Waals surface area contributed by atoms with E-state index < -0.39 is 0 Å². The topological polar surface area (TPSA) is 86.6 Å². The van der Waals surface area contributed by atoms with Gasteiger partial charge in [0.2, 0.25) is 0 Å². The SMILES string of the molecule is NCCN(CCN)c1nccc2cc3c(cc12)OCCO3. The van der Waals surface area contributed by atoms with E-state index in [9.17, 15) is 0 Å². The average Bonchev–Trinajstić information content (AvgIpc) is 2.52. The lowest BCUT2D eigenvalue weighted by Gasteiger charge is -2.25. The number of nitrogens with zero attached hydrogens (tertiary/aromatic N) is 2. The molecule has 4 N–H and O–H groups in total. The van der Waals surface area contributed by atoms with Gasteiger partial charge in [-0.3, -0.25) is 0 Å². The smallest absolute Gasteiger partial charge is 0.162 e. The van der Waals surface area contributed by atoms with Crippen molar-refractivity contribution in [2.75, 3.05) is 44.3 Å². The molecule has 0 aliphatic carbocycles. The average molecular weight is 288 g/mol. The van der Waals surface area contributed by atoms with Crippen molar-refractivity contribution in [1.29, 1.82) is 0 Å². The van der Waals surface area contributed by atoms with E-state index in [0.29, 0.717) is 26.3 Å². The van der Waals surface area contributed by atoms with Gasteiger partial charge < -0.3 is 25.8 Å². The zero-order chi connectivity index (χ0) is 14.7. The molecule has 0 bridgehead atoms. The minimum atomic E-state index is 0.558. The Labute approximate surface area is 123 Å². The van der Waals surface area contributed by atoms with E-state index in [-0.39, 0.29) is 0 Å². The van der Waals surface area contributed by atoms with Gasteiger partial charge in [-0.25, -0.2) is 4.98 Å². The highest BCUT2D eigenvalue weighted by Crippen LogP contribution is 2.37. The maximum Gasteiger partial charge on any atom is 0.162 e. The molecule has 0 amide bonds. The summed E-state index contributed by atoms with van der Waals surface area (Å²) in [6.45, 7) is 3.72. The van der Waals surface area contributed by atoms with Crippen molar-refractivity contribution in [1.82, 2.24) is 4.98 Å². The van der Waals surface area contributed by atoms with E-state index in [1.807, 2.05) is 18.2 Å². The first-order chi connectivity index (χ1) is 10.3. The molecule has 0 saturated carbocycles. The first-order valence-corrected chi connectivity index (χ1v) is 7.17. The van der Waals surface area contributed by atoms with Crippen LogP contribution in [0, 0.1) is 0 Å². The Bertz CT molecular complexity index is 626. The summed E-state index contributed by atoms with van der Waals surface area (Å²) < 4.78 is 11.3. The molecule has 21 heavy (non-hydrogen) atoms. The predicted molar refractivity (Wildman–Crippen MR) is 83.1 cm³/mol. The normalized spacial score (nSPS) is 13.4. The number of aromatic nitrogens is 1. The Hall–Kier alpha value is -2.05. The summed E-state index contributed by atoms with van der Waals surface area (Å²) in [4.78, 5) is 6.62. The fourth-order valence-electron chi connectivity index (χ4n) is 2.58. The molecular formula is C15H20N4O2. The number of nitrogens with two attached hydrogens (primary N) is 2. The lowest BCUT2D eigenvalue weighted by atomic mass is 10.1. The molecular weight excluding hydrogens is 268 g/mol. The van der Waals surface area contributed by atoms with E-state index in [4.69, 9.17) is 20.9 Å². The van der Waals surface area contributed by atoms with E-state index in [2.05, 4.69) is 9.88 Å². The van der Waals surface area contributed by atoms with Crippen LogP contribution < -0.4 is 25.8 Å². The number of ether oxygens (including phenoxy) is 2. The molecule has 0 unspecified atom stereocenters. The Morgan fingerprint density at radius 3 is 2.38 bits per heavy atom. The highest BCUT2D eigenvalue weighted by atomic mass is 16.6. The van der Waals surface area contributed by atoms with Crippen LogP contribution in [0.5, 0.6) is 11.5 Å². The van der Waals surface area contributed by atoms with E-state index in [0.717, 1.165) is 41.2 Å². The maximum atomic E-state index is 5.70. The first-order valence-electron chi connectivity index (χ1n) is 7.17. The summed E-state index contributed by atoms with van der Waals surface area (Å²) >= 11 is 0. The van der Waals surface area contributed by atoms with Crippen LogP contribution in [0.25, 0.3) is 10.8 Å². The van der Waals surface area contributed by atoms with Crippen molar-refractivity contribution in [3.8, 4) is 11.5 Å². The van der Waals surface area contributed by atoms with Gasteiger partial charge in [-0.15, -0.1) is 0 Å². The van der Waals surface area contributed by atoms with Gasteiger partial charge in [-0.2, -0.15) is 0 Å². The minimum Gasteiger partial charge on any atom is -0.486 e. The second-order valence-corrected chi connectivity index (χ2v) is 4.92. The molecule has 0 radical (unpaired) electrons. The molecule has 1 aromatic heterocycles. The van der Waals surface area contributed by atoms with Gasteiger partial charge in [0.15, 0.2) is 11.5 Å². The van der Waals surface area contributed by atoms with Crippen molar-refractivity contribution in [2.24, 2.45) is 11.5 Å². The molecule has 6 heteroatoms. The quantitative estimate of drug-likeness (QED) is 0.843. The summed E-state index contributed by atoms with van der Waals surface area (Å²) in [6.07, 6.45) is 1.80. The summed E-state index contributed by atoms with van der Waals surface area (Å²) in [5.74, 6) is 2.44. The lowest BCUT2D eigenvalue weighted by molar-refractivity contribution is 0.172. The molecule has 0 atom stereocenters. The van der Waals surface area contributed by atoms with Crippen molar-refractivity contribution < 1.29 is 9.47 Å². The van der Waals surface area contributed by atoms with Crippen LogP contribution in [-0.4, -0.2) is 44.4 Å². The second-order valence-electron chi connectivity index (χ2n) is 4.92. The zero-order valence-corrected chi connectivity index (χ0v) is 11.9. The number of anilines is 1. The Morgan fingerprint density at radius 2 is 1.71 bits per heavy atom. The first kappa shape index (κ1) is 13.9. The number of fused-ring (bicyclic) bond motifs is 2. The van der Waals surface area contributed by atoms with Gasteiger partial charge in [-0.05, 0) is 23.6 Å². The van der Waals surface area contributed by atoms with Gasteiger partial charge >= 0.3 is 0 Å². The van der Waals surface area contributed by atoms with Crippen LogP contribution in [0.1, 0.15) is 0 Å². The van der Waals surface area contributed by atoms with Crippen LogP contribution >= 0.6 is 0 Å². The van der Waals surface area contributed by atoms with Crippen LogP contribution in [0.15, 0.2) is 24.4 Å². The summed E-state index contributed by atoms with van der Waals surface area (Å²) in [5.41, 5.74) is 11.4. The highest BCUT2D eigenvalue weighted by Gasteiger charge is 2.16. The molecule has 1 aliphatic rings. The zero-order valence-electron chi connectivity index (χ0n) is 11.9. The van der Waals surface area contributed by atoms with Crippen molar-refractivity contribution in [3.05, 3.63) is 24.4 Å². The molecule has 3 rings (SSSR count). The monoisotopic (exact) mass is 288 g/mol. The Morgan fingerprint density at radius 1 is 1.05 bits per heavy atom. The van der Waals surface area contributed by atoms with Crippen LogP contribution in [0.4, 0.5) is 5.82 Å². The third kappa shape index (κ3) is 2.72. The molecule has 0 saturated heterocycles. The molecule has 1 aliphatic heterocycles. The summed E-state index contributed by atoms with van der Waals surface area (Å²) in [6, 6.07) is 5.96. The summed E-state index contributed by atoms with van der Waals surface area (Å²) in [5, 5.41) is 2.10. The van der Waals surface area contributed by atoms with E-state index >= 15 is 0 Å². The van der Waals surface area contributed by atoms with Crippen molar-refractivity contribution in [2.45, 2.75) is 0 Å². The van der Waals surface area contributed by atoms with Gasteiger partial charge in [0.05, 0.1) is 0 Å². The van der Waals surface area contributed by atoms with Crippen LogP contribution in [0.3, 0.4) is 0 Å². The minimum absolute atomic E-state index is 0.558. The Kier molecular flexibility index (Phi) is 4.08. The fourth-order valence-corrected chi connectivity index (χ4v) is 2.58. The fraction of sp³-hybridized carbons (Fsp3) is 0.400. The molecule has 1 aromatic carbocycles. The van der Waals surface area contributed by atoms with Gasteiger partial charge in [0.25, 0.3) is 0 Å². The van der Waals surface area contributed by atoms with Crippen molar-refractivity contribution in [3.63, 3.8) is 0 Å². The van der Waals surface area contributed by atoms with Gasteiger partial charge in [0, 0.05) is 37.8 Å². The highest BCUT2D eigenvalue weighted by molar-refractivity contribution is 5.94. The number of rotatable bonds is 5. The molecule has 2 heterocycles. The number of hydrogen-bond donors (Lipinski definition) is 2. The number of hydrogen-bond acceptors (Lipinski definition) is 6. The molecule has 112 valence electrons. The Balaban J connectivity index is 2.09. The van der Waals surface area contributed by atoms with Crippen LogP contribution in [-0.2, 0) is 0 Å². The standard InChI is InChI=1S/C15H20N4O2/c16-2-5-19(6-3-17)15-12-10-14-13(20-7-8-21-14)9-11(12)1-4-18-15/h1,4,9-10H,2-3,5-8,16-17H2. The molecule has 0 fully saturated rings. The second kappa shape index (κ2) is 6.15. The van der Waals surface area contributed by atoms with Crippen LogP contribution in [0.2, 0.25) is 0 Å². The van der Waals surface area contributed by atoms with Gasteiger partial charge in [0.1, 0.15) is 19.0 Å². The summed E-state index contributed by atoms with van der Waals surface area (Å²) in [7, 11) is 0. The van der Waals surface area contributed by atoms with E-state index in [1.54, 1.807) is 6.20 Å². The molecule has 6 nitrogen and oxygen atoms in total.